The summed E-state index contributed by atoms with van der Waals surface area (Å²) in [6.45, 7) is -9.66. The number of nitrogen functional groups attached to an aromatic ring is 3. The van der Waals surface area contributed by atoms with Gasteiger partial charge in [0.25, 0.3) is 0 Å². The molecule has 0 aliphatic carbocycles. The molecule has 0 radical (unpaired) electrons. The van der Waals surface area contributed by atoms with Crippen LogP contribution in [-0.4, -0.2) is 166 Å². The number of rotatable bonds is 18. The lowest BCUT2D eigenvalue weighted by atomic mass is 10.1. The molecule has 68 heavy (non-hydrogen) atoms. The summed E-state index contributed by atoms with van der Waals surface area (Å²) in [7, 11) is -1.47. The van der Waals surface area contributed by atoms with Crippen LogP contribution in [0.15, 0.2) is 38.0 Å². The molecule has 14 atom stereocenters. The number of ether oxygens (including phenoxy) is 4. The summed E-state index contributed by atoms with van der Waals surface area (Å²) in [6.07, 6.45) is -5.51. The zero-order valence-corrected chi connectivity index (χ0v) is 39.7. The third kappa shape index (κ3) is 9.73. The van der Waals surface area contributed by atoms with Gasteiger partial charge < -0.3 is 79.1 Å². The van der Waals surface area contributed by atoms with Crippen LogP contribution in [0, 0.1) is 0 Å². The molecule has 0 aromatic carbocycles. The minimum Gasteiger partial charge on any atom is -0.387 e. The molecule has 3 saturated heterocycles. The predicted molar refractivity (Wildman–Crippen MR) is 239 cm³/mol. The van der Waals surface area contributed by atoms with Crippen molar-refractivity contribution >= 4 is 95.6 Å². The van der Waals surface area contributed by atoms with E-state index in [2.05, 4.69) is 44.9 Å². The largest absolute Gasteiger partial charge is 0.387 e. The molecule has 9 rings (SSSR count). The van der Waals surface area contributed by atoms with Gasteiger partial charge in [-0.05, 0) is 30.0 Å². The Labute approximate surface area is 393 Å². The van der Waals surface area contributed by atoms with Crippen LogP contribution in [0.25, 0.3) is 33.5 Å². The second-order valence-electron chi connectivity index (χ2n) is 15.5. The van der Waals surface area contributed by atoms with Gasteiger partial charge >= 0.3 is 21.0 Å². The Bertz CT molecular complexity index is 2960. The van der Waals surface area contributed by atoms with E-state index in [1.54, 1.807) is 0 Å². The summed E-state index contributed by atoms with van der Waals surface area (Å²) >= 11 is 11.0. The number of hydrogen-bond donors (Lipinski definition) is 8. The number of fused-ring (bicyclic) bond motifs is 3. The van der Waals surface area contributed by atoms with Gasteiger partial charge in [-0.15, -0.1) is 0 Å². The average Bonchev–Trinajstić information content (AvgIpc) is 4.17. The van der Waals surface area contributed by atoms with Crippen molar-refractivity contribution < 1.29 is 71.0 Å². The van der Waals surface area contributed by atoms with E-state index in [1.165, 1.54) is 58.8 Å². The molecule has 11 N–H and O–H groups in total. The van der Waals surface area contributed by atoms with Crippen LogP contribution in [0.3, 0.4) is 0 Å². The van der Waals surface area contributed by atoms with Gasteiger partial charge in [-0.3, -0.25) is 22.8 Å². The Morgan fingerprint density at radius 1 is 0.662 bits per heavy atom. The lowest BCUT2D eigenvalue weighted by Gasteiger charge is -2.28. The fourth-order valence-electron chi connectivity index (χ4n) is 8.09. The van der Waals surface area contributed by atoms with E-state index in [4.69, 9.17) is 82.4 Å². The van der Waals surface area contributed by atoms with Gasteiger partial charge in [0.2, 0.25) is 0 Å². The van der Waals surface area contributed by atoms with Gasteiger partial charge in [0, 0.05) is 20.6 Å². The topological polar surface area (TPSA) is 410 Å². The van der Waals surface area contributed by atoms with Crippen LogP contribution in [0.2, 0.25) is 0 Å². The minimum absolute atomic E-state index is 0.0523. The second-order valence-corrected chi connectivity index (χ2v) is 23.2. The number of anilines is 3. The highest BCUT2D eigenvalue weighted by molar-refractivity contribution is 8.07. The summed E-state index contributed by atoms with van der Waals surface area (Å²) < 4.78 is 69.7. The molecule has 9 heterocycles. The van der Waals surface area contributed by atoms with E-state index < -0.39 is 102 Å². The van der Waals surface area contributed by atoms with Crippen molar-refractivity contribution in [3.63, 3.8) is 0 Å². The van der Waals surface area contributed by atoms with Gasteiger partial charge in [-0.2, -0.15) is 0 Å². The molecule has 0 bridgehead atoms. The van der Waals surface area contributed by atoms with E-state index in [9.17, 15) is 29.5 Å². The number of aliphatic hydroxyl groups excluding tert-OH is 2. The highest BCUT2D eigenvalue weighted by Gasteiger charge is 2.52. The summed E-state index contributed by atoms with van der Waals surface area (Å²) in [5, 5.41) is 22.0. The lowest BCUT2D eigenvalue weighted by Crippen LogP contribution is -2.37. The van der Waals surface area contributed by atoms with Gasteiger partial charge in [-0.1, -0.05) is 0 Å². The molecule has 0 spiro atoms. The van der Waals surface area contributed by atoms with Crippen molar-refractivity contribution in [3.8, 4) is 0 Å². The molecule has 6 aromatic heterocycles. The molecule has 3 unspecified atom stereocenters. The molecule has 3 fully saturated rings. The fraction of sp³-hybridized carbons (Fsp3) is 0.545. The summed E-state index contributed by atoms with van der Waals surface area (Å²) in [4.78, 5) is 70.7. The summed E-state index contributed by atoms with van der Waals surface area (Å²) in [5.74, 6) is 0.245. The fourth-order valence-corrected chi connectivity index (χ4v) is 11.7. The van der Waals surface area contributed by atoms with Crippen LogP contribution in [0.1, 0.15) is 31.5 Å². The summed E-state index contributed by atoms with van der Waals surface area (Å²) in [5.41, 5.74) is 19.4. The SMILES string of the molecule is CO[C@H]1[C@@H](OP(O)(=S)OC[C@H]2O[C@@H](n3cnc4c(N)ncnc43)[C@H](O)[C@@H]2O)[C@H](n2cnc3c(N)ncnc32)O[C@@H]1COP(O)(=S)O[C@@H]1C[C@@H](CCP(=O)(O)OC)O[C@H]1n1cnc2c(N)ncnc21. The Hall–Kier alpha value is -3.98. The molecule has 368 valence electrons. The van der Waals surface area contributed by atoms with Crippen LogP contribution in [-0.2, 0) is 69.7 Å². The van der Waals surface area contributed by atoms with E-state index in [0.29, 0.717) is 0 Å². The number of aliphatic hydroxyl groups is 2. The van der Waals surface area contributed by atoms with E-state index in [1.807, 2.05) is 0 Å². The van der Waals surface area contributed by atoms with Gasteiger partial charge in [0.05, 0.1) is 44.5 Å². The normalized spacial score (nSPS) is 30.3. The van der Waals surface area contributed by atoms with Crippen LogP contribution < -0.4 is 17.2 Å². The van der Waals surface area contributed by atoms with Crippen molar-refractivity contribution in [2.24, 2.45) is 0 Å². The first-order valence-corrected chi connectivity index (χ1v) is 27.1. The Morgan fingerprint density at radius 2 is 1.15 bits per heavy atom. The first-order valence-electron chi connectivity index (χ1n) is 20.2. The first kappa shape index (κ1) is 49.0. The number of hydrogen-bond acceptors (Lipinski definition) is 26. The Balaban J connectivity index is 0.922. The highest BCUT2D eigenvalue weighted by atomic mass is 32.5. The third-order valence-electron chi connectivity index (χ3n) is 11.4. The number of aromatic nitrogens is 12. The van der Waals surface area contributed by atoms with E-state index >= 15 is 0 Å². The quantitative estimate of drug-likeness (QED) is 0.0504. The molecule has 0 amide bonds. The number of methoxy groups -OCH3 is 1. The zero-order valence-electron chi connectivity index (χ0n) is 35.4. The minimum atomic E-state index is -4.35. The molecule has 35 heteroatoms. The lowest BCUT2D eigenvalue weighted by molar-refractivity contribution is -0.0583. The van der Waals surface area contributed by atoms with Crippen LogP contribution >= 0.6 is 21.0 Å². The zero-order chi connectivity index (χ0) is 48.3. The molecule has 3 aliphatic rings. The van der Waals surface area contributed by atoms with E-state index in [0.717, 1.165) is 7.11 Å². The van der Waals surface area contributed by atoms with Gasteiger partial charge in [-0.25, -0.2) is 44.9 Å². The molecule has 0 saturated carbocycles. The molecular weight excluding hydrogens is 1000 g/mol. The number of nitrogens with two attached hydrogens (primary N) is 3. The Morgan fingerprint density at radius 3 is 1.68 bits per heavy atom. The van der Waals surface area contributed by atoms with Gasteiger partial charge in [0.1, 0.15) is 78.3 Å². The van der Waals surface area contributed by atoms with Crippen molar-refractivity contribution in [3.05, 3.63) is 38.0 Å². The standard InChI is InChI=1S/C33H44N15O15P3S2/c1-55-23-17(7-58-65(53,67)62-15-5-14(3-4-64(51,52)56-2)59-31(15)46-11-43-18-25(34)37-8-40-28(18)46)61-33(48-13-45-20-27(36)39-10-42-30(20)48)24(23)63-66(54,68)57-6-16-21(49)22(50)32(60-16)47-12-44-19-26(35)38-9-41-29(19)47/h8-17,21-24,31-33,49-50H,3-7H2,1-2H3,(H,51,52)(H,53,67)(H,54,68)(H2,34,37,40)(H2,35,38,41)(H2,36,39,42)/t14-,15-,16-,17-,21-,22-,23-,24-,31-,32-,33-,65?,66?/m1/s1. The number of nitrogens with zero attached hydrogens (tertiary/aromatic N) is 12. The molecule has 3 aliphatic heterocycles. The maximum Gasteiger partial charge on any atom is 0.327 e. The second kappa shape index (κ2) is 19.3. The van der Waals surface area contributed by atoms with Crippen molar-refractivity contribution in [1.29, 1.82) is 0 Å². The highest BCUT2D eigenvalue weighted by Crippen LogP contribution is 2.54. The van der Waals surface area contributed by atoms with Crippen molar-refractivity contribution in [2.75, 3.05) is 50.8 Å². The monoisotopic (exact) mass is 1050 g/mol. The smallest absolute Gasteiger partial charge is 0.327 e. The molecular formula is C33H44N15O15P3S2. The molecule has 30 nitrogen and oxygen atoms in total. The molecule has 6 aromatic rings. The van der Waals surface area contributed by atoms with Crippen LogP contribution in [0.5, 0.6) is 0 Å². The first-order chi connectivity index (χ1) is 32.4. The maximum atomic E-state index is 12.3. The predicted octanol–water partition coefficient (Wildman–Crippen LogP) is -0.469. The summed E-state index contributed by atoms with van der Waals surface area (Å²) in [6, 6.07) is 0. The average molecular weight is 1050 g/mol. The third-order valence-corrected chi connectivity index (χ3v) is 15.9. The van der Waals surface area contributed by atoms with Crippen LogP contribution in [0.4, 0.5) is 17.5 Å². The van der Waals surface area contributed by atoms with Crippen molar-refractivity contribution in [1.82, 2.24) is 58.6 Å². The number of imidazole rings is 3. The van der Waals surface area contributed by atoms with Gasteiger partial charge in [0.15, 0.2) is 53.1 Å². The Kier molecular flexibility index (Phi) is 13.9. The maximum absolute atomic E-state index is 12.3. The van der Waals surface area contributed by atoms with E-state index in [-0.39, 0.29) is 69.9 Å². The van der Waals surface area contributed by atoms with Crippen molar-refractivity contribution in [2.45, 2.75) is 80.4 Å².